The van der Waals surface area contributed by atoms with E-state index in [2.05, 4.69) is 11.3 Å². The SMILES string of the molecule is C=C(C=O)C(=O)OCCO. The Morgan fingerprint density at radius 3 is 2.70 bits per heavy atom. The van der Waals surface area contributed by atoms with Crippen LogP contribution in [0.15, 0.2) is 12.2 Å². The molecule has 0 aliphatic heterocycles. The maximum Gasteiger partial charge on any atom is 0.340 e. The van der Waals surface area contributed by atoms with E-state index in [4.69, 9.17) is 5.11 Å². The van der Waals surface area contributed by atoms with Crippen LogP contribution in [0, 0.1) is 0 Å². The second-order valence-electron chi connectivity index (χ2n) is 1.50. The molecule has 0 aliphatic carbocycles. The average Bonchev–Trinajstić information content (AvgIpc) is 1.98. The van der Waals surface area contributed by atoms with Gasteiger partial charge in [0.25, 0.3) is 0 Å². The molecule has 0 unspecified atom stereocenters. The van der Waals surface area contributed by atoms with Crippen molar-refractivity contribution in [2.24, 2.45) is 0 Å². The van der Waals surface area contributed by atoms with Gasteiger partial charge in [0.05, 0.1) is 12.2 Å². The van der Waals surface area contributed by atoms with Gasteiger partial charge in [0.15, 0.2) is 6.29 Å². The fourth-order valence-electron chi connectivity index (χ4n) is 0.279. The Morgan fingerprint density at radius 2 is 2.30 bits per heavy atom. The summed E-state index contributed by atoms with van der Waals surface area (Å²) in [5, 5.41) is 8.17. The summed E-state index contributed by atoms with van der Waals surface area (Å²) >= 11 is 0. The van der Waals surface area contributed by atoms with Crippen LogP contribution in [0.3, 0.4) is 0 Å². The summed E-state index contributed by atoms with van der Waals surface area (Å²) in [6.07, 6.45) is 0.305. The van der Waals surface area contributed by atoms with E-state index in [9.17, 15) is 9.59 Å². The third kappa shape index (κ3) is 2.99. The zero-order chi connectivity index (χ0) is 7.98. The van der Waals surface area contributed by atoms with E-state index in [1.807, 2.05) is 0 Å². The molecule has 0 aromatic heterocycles. The van der Waals surface area contributed by atoms with E-state index < -0.39 is 5.97 Å². The number of aliphatic hydroxyl groups excluding tert-OH is 1. The van der Waals surface area contributed by atoms with Crippen molar-refractivity contribution in [3.63, 3.8) is 0 Å². The highest BCUT2D eigenvalue weighted by Gasteiger charge is 2.04. The molecule has 0 radical (unpaired) electrons. The standard InChI is InChI=1S/C6H8O4/c1-5(4-8)6(9)10-3-2-7/h4,7H,1-3H2. The number of ether oxygens (including phenoxy) is 1. The lowest BCUT2D eigenvalue weighted by Gasteiger charge is -1.98. The summed E-state index contributed by atoms with van der Waals surface area (Å²) in [5.41, 5.74) is -0.242. The van der Waals surface area contributed by atoms with Crippen LogP contribution in [0.25, 0.3) is 0 Å². The number of rotatable bonds is 4. The van der Waals surface area contributed by atoms with Gasteiger partial charge in [-0.15, -0.1) is 0 Å². The molecular formula is C6H8O4. The maximum atomic E-state index is 10.5. The second kappa shape index (κ2) is 4.69. The van der Waals surface area contributed by atoms with Gasteiger partial charge in [0.1, 0.15) is 6.61 Å². The Morgan fingerprint density at radius 1 is 1.70 bits per heavy atom. The highest BCUT2D eigenvalue weighted by molar-refractivity contribution is 6.06. The van der Waals surface area contributed by atoms with Gasteiger partial charge in [-0.2, -0.15) is 0 Å². The molecule has 1 N–H and O–H groups in total. The van der Waals surface area contributed by atoms with Gasteiger partial charge in [0.2, 0.25) is 0 Å². The van der Waals surface area contributed by atoms with Crippen LogP contribution in [-0.4, -0.2) is 30.6 Å². The van der Waals surface area contributed by atoms with E-state index in [-0.39, 0.29) is 18.8 Å². The van der Waals surface area contributed by atoms with Crippen LogP contribution in [0.5, 0.6) is 0 Å². The number of hydrogen-bond acceptors (Lipinski definition) is 4. The van der Waals surface area contributed by atoms with Gasteiger partial charge < -0.3 is 9.84 Å². The zero-order valence-corrected chi connectivity index (χ0v) is 5.37. The molecule has 0 saturated carbocycles. The number of aldehydes is 1. The molecule has 0 spiro atoms. The van der Waals surface area contributed by atoms with Crippen LogP contribution >= 0.6 is 0 Å². The average molecular weight is 144 g/mol. The van der Waals surface area contributed by atoms with Crippen molar-refractivity contribution in [2.45, 2.75) is 0 Å². The fraction of sp³-hybridized carbons (Fsp3) is 0.333. The van der Waals surface area contributed by atoms with E-state index in [0.717, 1.165) is 0 Å². The largest absolute Gasteiger partial charge is 0.460 e. The van der Waals surface area contributed by atoms with Crippen molar-refractivity contribution in [3.8, 4) is 0 Å². The number of carbonyl (C=O) groups excluding carboxylic acids is 2. The van der Waals surface area contributed by atoms with Crippen molar-refractivity contribution < 1.29 is 19.4 Å². The van der Waals surface area contributed by atoms with E-state index in [1.54, 1.807) is 0 Å². The first-order valence-electron chi connectivity index (χ1n) is 2.64. The Bertz CT molecular complexity index is 150. The molecule has 4 nitrogen and oxygen atoms in total. The highest BCUT2D eigenvalue weighted by atomic mass is 16.5. The molecule has 4 heteroatoms. The number of esters is 1. The molecular weight excluding hydrogens is 136 g/mol. The Balaban J connectivity index is 3.62. The first-order chi connectivity index (χ1) is 4.72. The molecule has 0 aliphatic rings. The molecule has 0 aromatic carbocycles. The summed E-state index contributed by atoms with van der Waals surface area (Å²) in [6, 6.07) is 0. The molecule has 0 rings (SSSR count). The van der Waals surface area contributed by atoms with Gasteiger partial charge in [-0.25, -0.2) is 4.79 Å². The highest BCUT2D eigenvalue weighted by Crippen LogP contribution is 1.88. The van der Waals surface area contributed by atoms with Crippen molar-refractivity contribution in [3.05, 3.63) is 12.2 Å². The Kier molecular flexibility index (Phi) is 4.15. The molecule has 0 fully saturated rings. The second-order valence-corrected chi connectivity index (χ2v) is 1.50. The van der Waals surface area contributed by atoms with Gasteiger partial charge in [-0.3, -0.25) is 4.79 Å². The third-order valence-corrected chi connectivity index (χ3v) is 0.729. The fourth-order valence-corrected chi connectivity index (χ4v) is 0.279. The molecule has 56 valence electrons. The predicted molar refractivity (Wildman–Crippen MR) is 33.2 cm³/mol. The van der Waals surface area contributed by atoms with Crippen LogP contribution in [0.1, 0.15) is 0 Å². The first kappa shape index (κ1) is 8.84. The van der Waals surface area contributed by atoms with Crippen molar-refractivity contribution >= 4 is 12.3 Å². The molecule has 0 aromatic rings. The number of carbonyl (C=O) groups is 2. The van der Waals surface area contributed by atoms with Crippen molar-refractivity contribution in [1.82, 2.24) is 0 Å². The van der Waals surface area contributed by atoms with Crippen LogP contribution in [-0.2, 0) is 14.3 Å². The van der Waals surface area contributed by atoms with Gasteiger partial charge in [0, 0.05) is 0 Å². The number of hydrogen-bond donors (Lipinski definition) is 1. The van der Waals surface area contributed by atoms with E-state index in [1.165, 1.54) is 0 Å². The molecule has 0 bridgehead atoms. The summed E-state index contributed by atoms with van der Waals surface area (Å²) in [7, 11) is 0. The maximum absolute atomic E-state index is 10.5. The van der Waals surface area contributed by atoms with E-state index >= 15 is 0 Å². The molecule has 0 amide bonds. The zero-order valence-electron chi connectivity index (χ0n) is 5.37. The van der Waals surface area contributed by atoms with Crippen LogP contribution in [0.4, 0.5) is 0 Å². The minimum atomic E-state index is -0.788. The lowest BCUT2D eigenvalue weighted by atomic mass is 10.3. The van der Waals surface area contributed by atoms with E-state index in [0.29, 0.717) is 6.29 Å². The molecule has 0 atom stereocenters. The minimum Gasteiger partial charge on any atom is -0.460 e. The monoisotopic (exact) mass is 144 g/mol. The molecule has 0 heterocycles. The summed E-state index contributed by atoms with van der Waals surface area (Å²) < 4.78 is 4.32. The van der Waals surface area contributed by atoms with Gasteiger partial charge in [-0.05, 0) is 0 Å². The topological polar surface area (TPSA) is 63.6 Å². The Labute approximate surface area is 58.1 Å². The predicted octanol–water partition coefficient (Wildman–Crippen LogP) is -0.723. The van der Waals surface area contributed by atoms with Gasteiger partial charge in [-0.1, -0.05) is 6.58 Å². The van der Waals surface area contributed by atoms with Gasteiger partial charge >= 0.3 is 5.97 Å². The quantitative estimate of drug-likeness (QED) is 0.186. The normalized spacial score (nSPS) is 8.50. The summed E-state index contributed by atoms with van der Waals surface area (Å²) in [6.45, 7) is 2.74. The Hall–Kier alpha value is -1.16. The van der Waals surface area contributed by atoms with Crippen molar-refractivity contribution in [2.75, 3.05) is 13.2 Å². The lowest BCUT2D eigenvalue weighted by Crippen LogP contribution is -2.10. The minimum absolute atomic E-state index is 0.105. The van der Waals surface area contributed by atoms with Crippen LogP contribution in [0.2, 0.25) is 0 Å². The number of aliphatic hydroxyl groups is 1. The smallest absolute Gasteiger partial charge is 0.340 e. The first-order valence-corrected chi connectivity index (χ1v) is 2.64. The summed E-state index contributed by atoms with van der Waals surface area (Å²) in [5.74, 6) is -0.788. The molecule has 0 saturated heterocycles. The van der Waals surface area contributed by atoms with Crippen molar-refractivity contribution in [1.29, 1.82) is 0 Å². The third-order valence-electron chi connectivity index (χ3n) is 0.729. The van der Waals surface area contributed by atoms with Crippen LogP contribution < -0.4 is 0 Å². The molecule has 10 heavy (non-hydrogen) atoms. The lowest BCUT2D eigenvalue weighted by molar-refractivity contribution is -0.140. The summed E-state index contributed by atoms with van der Waals surface area (Å²) in [4.78, 5) is 20.3.